The van der Waals surface area contributed by atoms with Crippen molar-refractivity contribution in [2.75, 3.05) is 60.6 Å². The topological polar surface area (TPSA) is 125 Å². The molecule has 47 heavy (non-hydrogen) atoms. The average Bonchev–Trinajstić information content (AvgIpc) is 3.68. The molecule has 1 aliphatic carbocycles. The Bertz CT molecular complexity index is 1430. The first-order valence-electron chi connectivity index (χ1n) is 16.7. The molecule has 2 N–H and O–H groups in total. The number of methoxy groups -OCH3 is 2. The molecular weight excluding hydrogens is 624 g/mol. The Kier molecular flexibility index (Phi) is 12.5. The van der Waals surface area contributed by atoms with E-state index in [-0.39, 0.29) is 48.0 Å². The van der Waals surface area contributed by atoms with Crippen LogP contribution in [0.3, 0.4) is 0 Å². The molecule has 0 bridgehead atoms. The molecule has 12 nitrogen and oxygen atoms in total. The number of likely N-dealkylation sites (tertiary alicyclic amines) is 1. The first-order valence-corrected chi connectivity index (χ1v) is 16.7. The van der Waals surface area contributed by atoms with Crippen molar-refractivity contribution in [3.63, 3.8) is 0 Å². The van der Waals surface area contributed by atoms with Gasteiger partial charge in [-0.2, -0.15) is 0 Å². The van der Waals surface area contributed by atoms with Gasteiger partial charge in [0.25, 0.3) is 11.8 Å². The van der Waals surface area contributed by atoms with Gasteiger partial charge in [-0.1, -0.05) is 19.3 Å². The minimum atomic E-state index is -0.580. The van der Waals surface area contributed by atoms with Crippen LogP contribution in [0, 0.1) is 5.92 Å². The molecule has 260 valence electrons. The van der Waals surface area contributed by atoms with Gasteiger partial charge in [0, 0.05) is 58.3 Å². The van der Waals surface area contributed by atoms with Gasteiger partial charge in [-0.3, -0.25) is 19.2 Å². The third-order valence-corrected chi connectivity index (χ3v) is 10.2. The van der Waals surface area contributed by atoms with Crippen molar-refractivity contribution < 1.29 is 28.7 Å². The van der Waals surface area contributed by atoms with Crippen LogP contribution in [0.1, 0.15) is 72.7 Å². The van der Waals surface area contributed by atoms with Crippen molar-refractivity contribution in [1.82, 2.24) is 29.9 Å². The van der Waals surface area contributed by atoms with Gasteiger partial charge in [0.2, 0.25) is 11.8 Å². The summed E-state index contributed by atoms with van der Waals surface area (Å²) < 4.78 is 12.7. The molecule has 3 fully saturated rings. The molecule has 13 heteroatoms. The molecular formula is C34H51ClN6O6. The summed E-state index contributed by atoms with van der Waals surface area (Å²) >= 11 is 0. The summed E-state index contributed by atoms with van der Waals surface area (Å²) in [6, 6.07) is 4.49. The number of carbonyl (C=O) groups excluding carboxylic acids is 4. The summed E-state index contributed by atoms with van der Waals surface area (Å²) in [5.41, 5.74) is 1.47. The highest BCUT2D eigenvalue weighted by atomic mass is 35.5. The van der Waals surface area contributed by atoms with Crippen LogP contribution in [0.25, 0.3) is 10.9 Å². The number of nitrogens with zero attached hydrogens (tertiary/aromatic N) is 4. The van der Waals surface area contributed by atoms with Gasteiger partial charge in [-0.15, -0.1) is 12.4 Å². The maximum Gasteiger partial charge on any atom is 0.271 e. The van der Waals surface area contributed by atoms with E-state index in [1.165, 1.54) is 0 Å². The number of hydrogen-bond acceptors (Lipinski definition) is 7. The summed E-state index contributed by atoms with van der Waals surface area (Å²) in [4.78, 5) is 60.6. The minimum absolute atomic E-state index is 0. The molecule has 0 radical (unpaired) electrons. The maximum atomic E-state index is 14.3. The van der Waals surface area contributed by atoms with Gasteiger partial charge >= 0.3 is 0 Å². The van der Waals surface area contributed by atoms with E-state index >= 15 is 0 Å². The summed E-state index contributed by atoms with van der Waals surface area (Å²) in [6.07, 6.45) is 6.81. The van der Waals surface area contributed by atoms with E-state index in [1.807, 2.05) is 30.1 Å². The van der Waals surface area contributed by atoms with Gasteiger partial charge in [-0.05, 0) is 57.7 Å². The number of aryl methyl sites for hydroxylation is 1. The first kappa shape index (κ1) is 36.5. The number of hydrogen-bond donors (Lipinski definition) is 2. The predicted molar refractivity (Wildman–Crippen MR) is 182 cm³/mol. The molecule has 2 saturated heterocycles. The lowest BCUT2D eigenvalue weighted by atomic mass is 9.83. The molecule has 5 rings (SSSR count). The monoisotopic (exact) mass is 674 g/mol. The third kappa shape index (κ3) is 7.54. The molecule has 3 aliphatic rings. The van der Waals surface area contributed by atoms with E-state index < -0.39 is 12.1 Å². The van der Waals surface area contributed by atoms with Gasteiger partial charge in [0.1, 0.15) is 17.5 Å². The Morgan fingerprint density at radius 3 is 2.23 bits per heavy atom. The molecule has 3 atom stereocenters. The highest BCUT2D eigenvalue weighted by molar-refractivity contribution is 6.16. The molecule has 2 aromatic rings. The Morgan fingerprint density at radius 1 is 0.915 bits per heavy atom. The highest BCUT2D eigenvalue weighted by Gasteiger charge is 2.39. The van der Waals surface area contributed by atoms with E-state index in [2.05, 4.69) is 10.6 Å². The first-order chi connectivity index (χ1) is 22.2. The lowest BCUT2D eigenvalue weighted by Gasteiger charge is -2.39. The SMILES string of the molecule is CN[C@@H](C)C(=O)N[C@H](C(=O)N1CCN(C(=O)c2c(C(=O)N3CCC[C@H]3COC)c3ccc(OC)cc3n2C)CC1)C1CCCCC1.Cl. The van der Waals surface area contributed by atoms with Crippen molar-refractivity contribution in [2.24, 2.45) is 13.0 Å². The molecule has 0 spiro atoms. The normalized spacial score (nSPS) is 20.1. The zero-order valence-corrected chi connectivity index (χ0v) is 29.2. The predicted octanol–water partition coefficient (Wildman–Crippen LogP) is 2.82. The van der Waals surface area contributed by atoms with Crippen LogP contribution in [-0.2, 0) is 21.4 Å². The number of likely N-dealkylation sites (N-methyl/N-ethyl adjacent to an activating group) is 1. The van der Waals surface area contributed by atoms with E-state index in [0.717, 1.165) is 50.5 Å². The number of carbonyl (C=O) groups is 4. The quantitative estimate of drug-likeness (QED) is 0.397. The molecule has 1 aromatic carbocycles. The average molecular weight is 675 g/mol. The Hall–Kier alpha value is -3.35. The lowest BCUT2D eigenvalue weighted by molar-refractivity contribution is -0.140. The van der Waals surface area contributed by atoms with Gasteiger partial charge in [-0.25, -0.2) is 0 Å². The van der Waals surface area contributed by atoms with Crippen molar-refractivity contribution in [2.45, 2.75) is 70.0 Å². The van der Waals surface area contributed by atoms with Crippen LogP contribution in [0.5, 0.6) is 5.75 Å². The van der Waals surface area contributed by atoms with Crippen molar-refractivity contribution >= 4 is 46.9 Å². The zero-order chi connectivity index (χ0) is 33.0. The number of aromatic nitrogens is 1. The van der Waals surface area contributed by atoms with E-state index in [4.69, 9.17) is 9.47 Å². The summed E-state index contributed by atoms with van der Waals surface area (Å²) in [5.74, 6) is 0.0603. The number of amides is 4. The standard InChI is InChI=1S/C34H50N6O6.ClH/c1-22(35-2)31(41)36-29(23-10-7-6-8-11-23)33(43)38-16-18-39(19-17-38)34(44)30-28(32(42)40-15-9-12-24(40)21-45-4)26-14-13-25(46-5)20-27(26)37(30)3;/h13-14,20,22-24,29,35H,6-12,15-19,21H2,1-5H3,(H,36,41);1H/t22-,24-,29-;/m0./s1. The van der Waals surface area contributed by atoms with Crippen LogP contribution in [0.2, 0.25) is 0 Å². The molecule has 3 heterocycles. The van der Waals surface area contributed by atoms with Crippen LogP contribution < -0.4 is 15.4 Å². The van der Waals surface area contributed by atoms with Crippen LogP contribution in [0.15, 0.2) is 18.2 Å². The summed E-state index contributed by atoms with van der Waals surface area (Å²) in [5, 5.41) is 6.71. The number of halogens is 1. The number of fused-ring (bicyclic) bond motifs is 1. The van der Waals surface area contributed by atoms with Gasteiger partial charge in [0.05, 0.1) is 36.9 Å². The molecule has 2 aliphatic heterocycles. The van der Waals surface area contributed by atoms with Gasteiger partial charge < -0.3 is 39.4 Å². The molecule has 1 aromatic heterocycles. The number of nitrogens with one attached hydrogen (secondary N) is 2. The van der Waals surface area contributed by atoms with Crippen LogP contribution >= 0.6 is 12.4 Å². The van der Waals surface area contributed by atoms with E-state index in [0.29, 0.717) is 61.7 Å². The Morgan fingerprint density at radius 2 is 1.60 bits per heavy atom. The van der Waals surface area contributed by atoms with Crippen LogP contribution in [-0.4, -0.2) is 122 Å². The minimum Gasteiger partial charge on any atom is -0.497 e. The third-order valence-electron chi connectivity index (χ3n) is 10.2. The second kappa shape index (κ2) is 16.2. The molecule has 1 saturated carbocycles. The van der Waals surface area contributed by atoms with Crippen molar-refractivity contribution in [3.05, 3.63) is 29.5 Å². The van der Waals surface area contributed by atoms with E-state index in [1.54, 1.807) is 42.6 Å². The molecule has 4 amide bonds. The Labute approximate surface area is 283 Å². The Balaban J connectivity index is 0.00000500. The number of piperazine rings is 1. The fourth-order valence-corrected chi connectivity index (χ4v) is 7.36. The maximum absolute atomic E-state index is 14.3. The summed E-state index contributed by atoms with van der Waals surface area (Å²) in [7, 11) is 6.77. The second-order valence-electron chi connectivity index (χ2n) is 12.9. The van der Waals surface area contributed by atoms with Crippen molar-refractivity contribution in [3.8, 4) is 5.75 Å². The fraction of sp³-hybridized carbons (Fsp3) is 0.647. The van der Waals surface area contributed by atoms with Crippen LogP contribution in [0.4, 0.5) is 0 Å². The number of ether oxygens (including phenoxy) is 2. The second-order valence-corrected chi connectivity index (χ2v) is 12.9. The number of benzene rings is 1. The highest BCUT2D eigenvalue weighted by Crippen LogP contribution is 2.33. The number of rotatable bonds is 10. The lowest BCUT2D eigenvalue weighted by Crippen LogP contribution is -2.59. The summed E-state index contributed by atoms with van der Waals surface area (Å²) in [6.45, 7) is 4.21. The molecule has 0 unspecified atom stereocenters. The van der Waals surface area contributed by atoms with Crippen molar-refractivity contribution in [1.29, 1.82) is 0 Å². The smallest absolute Gasteiger partial charge is 0.271 e. The zero-order valence-electron chi connectivity index (χ0n) is 28.4. The largest absolute Gasteiger partial charge is 0.497 e. The fourth-order valence-electron chi connectivity index (χ4n) is 7.36. The van der Waals surface area contributed by atoms with Gasteiger partial charge in [0.15, 0.2) is 0 Å². The van der Waals surface area contributed by atoms with E-state index in [9.17, 15) is 19.2 Å².